The van der Waals surface area contributed by atoms with Crippen LogP contribution in [-0.4, -0.2) is 22.9 Å². The predicted molar refractivity (Wildman–Crippen MR) is 75.3 cm³/mol. The molecular formula is C14H18BrNO2. The van der Waals surface area contributed by atoms with E-state index in [1.54, 1.807) is 0 Å². The van der Waals surface area contributed by atoms with Crippen molar-refractivity contribution in [3.05, 3.63) is 29.8 Å². The van der Waals surface area contributed by atoms with Crippen molar-refractivity contribution in [1.82, 2.24) is 5.32 Å². The van der Waals surface area contributed by atoms with E-state index in [4.69, 9.17) is 4.74 Å². The standard InChI is InChI=1S/C14H18BrNO2/c1-9(15)14(2,3)16-13(17)11-8-18-12-7-5-4-6-10(11)12/h4-7,9,11H,8H2,1-3H3,(H,16,17). The van der Waals surface area contributed by atoms with Gasteiger partial charge in [0, 0.05) is 15.9 Å². The minimum Gasteiger partial charge on any atom is -0.492 e. The zero-order valence-corrected chi connectivity index (χ0v) is 12.5. The number of fused-ring (bicyclic) bond motifs is 1. The van der Waals surface area contributed by atoms with E-state index in [0.29, 0.717) is 6.61 Å². The third-order valence-corrected chi connectivity index (χ3v) is 4.60. The van der Waals surface area contributed by atoms with Gasteiger partial charge in [-0.15, -0.1) is 0 Å². The maximum absolute atomic E-state index is 12.3. The summed E-state index contributed by atoms with van der Waals surface area (Å²) in [5.74, 6) is 0.644. The fraction of sp³-hybridized carbons (Fsp3) is 0.500. The van der Waals surface area contributed by atoms with Crippen molar-refractivity contribution in [3.8, 4) is 5.75 Å². The SMILES string of the molecule is CC(Br)C(C)(C)NC(=O)C1COc2ccccc21. The van der Waals surface area contributed by atoms with Crippen LogP contribution in [0.25, 0.3) is 0 Å². The Hall–Kier alpha value is -1.03. The van der Waals surface area contributed by atoms with Crippen LogP contribution in [0.15, 0.2) is 24.3 Å². The molecular weight excluding hydrogens is 294 g/mol. The second kappa shape index (κ2) is 4.92. The van der Waals surface area contributed by atoms with E-state index in [1.807, 2.05) is 45.0 Å². The smallest absolute Gasteiger partial charge is 0.231 e. The van der Waals surface area contributed by atoms with Gasteiger partial charge in [0.25, 0.3) is 0 Å². The Labute approximate surface area is 116 Å². The van der Waals surface area contributed by atoms with Crippen LogP contribution in [0.5, 0.6) is 5.75 Å². The molecule has 3 nitrogen and oxygen atoms in total. The molecule has 1 N–H and O–H groups in total. The molecule has 0 spiro atoms. The Morgan fingerprint density at radius 1 is 1.50 bits per heavy atom. The van der Waals surface area contributed by atoms with Gasteiger partial charge < -0.3 is 10.1 Å². The number of carbonyl (C=O) groups is 1. The highest BCUT2D eigenvalue weighted by Gasteiger charge is 2.34. The van der Waals surface area contributed by atoms with Crippen molar-refractivity contribution in [1.29, 1.82) is 0 Å². The van der Waals surface area contributed by atoms with Crippen LogP contribution in [0.3, 0.4) is 0 Å². The number of halogens is 1. The van der Waals surface area contributed by atoms with Crippen LogP contribution in [0, 0.1) is 0 Å². The summed E-state index contributed by atoms with van der Waals surface area (Å²) in [7, 11) is 0. The molecule has 0 aliphatic carbocycles. The summed E-state index contributed by atoms with van der Waals surface area (Å²) in [4.78, 5) is 12.5. The van der Waals surface area contributed by atoms with Crippen molar-refractivity contribution >= 4 is 21.8 Å². The molecule has 1 aliphatic heterocycles. The van der Waals surface area contributed by atoms with Gasteiger partial charge in [0.15, 0.2) is 0 Å². The summed E-state index contributed by atoms with van der Waals surface area (Å²) in [6.07, 6.45) is 0. The Morgan fingerprint density at radius 2 is 2.17 bits per heavy atom. The van der Waals surface area contributed by atoms with Crippen molar-refractivity contribution in [2.45, 2.75) is 37.1 Å². The predicted octanol–water partition coefficient (Wildman–Crippen LogP) is 2.84. The number of ether oxygens (including phenoxy) is 1. The number of hydrogen-bond acceptors (Lipinski definition) is 2. The van der Waals surface area contributed by atoms with Crippen LogP contribution < -0.4 is 10.1 Å². The van der Waals surface area contributed by atoms with Crippen LogP contribution in [0.1, 0.15) is 32.3 Å². The number of amides is 1. The normalized spacial score (nSPS) is 19.9. The molecule has 1 aliphatic rings. The van der Waals surface area contributed by atoms with Crippen molar-refractivity contribution < 1.29 is 9.53 Å². The average Bonchev–Trinajstić information content (AvgIpc) is 2.71. The average molecular weight is 312 g/mol. The van der Waals surface area contributed by atoms with Gasteiger partial charge >= 0.3 is 0 Å². The maximum Gasteiger partial charge on any atom is 0.231 e. The molecule has 2 unspecified atom stereocenters. The van der Waals surface area contributed by atoms with Crippen molar-refractivity contribution in [3.63, 3.8) is 0 Å². The summed E-state index contributed by atoms with van der Waals surface area (Å²) in [6.45, 7) is 6.47. The molecule has 1 heterocycles. The molecule has 0 saturated carbocycles. The van der Waals surface area contributed by atoms with Gasteiger partial charge in [-0.3, -0.25) is 4.79 Å². The molecule has 1 amide bonds. The van der Waals surface area contributed by atoms with E-state index in [9.17, 15) is 4.79 Å². The van der Waals surface area contributed by atoms with Crippen LogP contribution in [0.4, 0.5) is 0 Å². The Morgan fingerprint density at radius 3 is 2.83 bits per heavy atom. The van der Waals surface area contributed by atoms with Gasteiger partial charge in [-0.2, -0.15) is 0 Å². The molecule has 1 aromatic rings. The van der Waals surface area contributed by atoms with E-state index in [1.165, 1.54) is 0 Å². The topological polar surface area (TPSA) is 38.3 Å². The number of nitrogens with one attached hydrogen (secondary N) is 1. The van der Waals surface area contributed by atoms with Gasteiger partial charge in [-0.05, 0) is 19.9 Å². The molecule has 98 valence electrons. The second-order valence-electron chi connectivity index (χ2n) is 5.23. The lowest BCUT2D eigenvalue weighted by molar-refractivity contribution is -0.124. The van der Waals surface area contributed by atoms with Gasteiger partial charge in [-0.1, -0.05) is 41.1 Å². The largest absolute Gasteiger partial charge is 0.492 e. The number of alkyl halides is 1. The van der Waals surface area contributed by atoms with Crippen LogP contribution in [-0.2, 0) is 4.79 Å². The fourth-order valence-electron chi connectivity index (χ4n) is 1.88. The molecule has 0 fully saturated rings. The molecule has 4 heteroatoms. The number of carbonyl (C=O) groups excluding carboxylic acids is 1. The summed E-state index contributed by atoms with van der Waals surface area (Å²) in [5.41, 5.74) is 0.697. The molecule has 18 heavy (non-hydrogen) atoms. The fourth-order valence-corrected chi connectivity index (χ4v) is 2.00. The van der Waals surface area contributed by atoms with Gasteiger partial charge in [0.05, 0.1) is 0 Å². The minimum atomic E-state index is -0.283. The summed E-state index contributed by atoms with van der Waals surface area (Å²) < 4.78 is 5.53. The van der Waals surface area contributed by atoms with Crippen molar-refractivity contribution in [2.75, 3.05) is 6.61 Å². The third-order valence-electron chi connectivity index (χ3n) is 3.46. The first-order valence-corrected chi connectivity index (χ1v) is 7.01. The lowest BCUT2D eigenvalue weighted by Crippen LogP contribution is -2.50. The number of hydrogen-bond donors (Lipinski definition) is 1. The van der Waals surface area contributed by atoms with E-state index >= 15 is 0 Å². The van der Waals surface area contributed by atoms with Crippen molar-refractivity contribution in [2.24, 2.45) is 0 Å². The van der Waals surface area contributed by atoms with E-state index < -0.39 is 0 Å². The first-order chi connectivity index (χ1) is 8.42. The highest BCUT2D eigenvalue weighted by molar-refractivity contribution is 9.09. The van der Waals surface area contributed by atoms with Gasteiger partial charge in [0.2, 0.25) is 5.91 Å². The minimum absolute atomic E-state index is 0.0243. The Bertz CT molecular complexity index is 457. The molecule has 2 atom stereocenters. The lowest BCUT2D eigenvalue weighted by atomic mass is 9.96. The molecule has 0 saturated heterocycles. The Kier molecular flexibility index (Phi) is 3.66. The number of benzene rings is 1. The van der Waals surface area contributed by atoms with Gasteiger partial charge in [-0.25, -0.2) is 0 Å². The summed E-state index contributed by atoms with van der Waals surface area (Å²) in [5, 5.41) is 3.07. The summed E-state index contributed by atoms with van der Waals surface area (Å²) >= 11 is 3.52. The molecule has 2 rings (SSSR count). The Balaban J connectivity index is 2.13. The zero-order valence-electron chi connectivity index (χ0n) is 10.9. The molecule has 0 bridgehead atoms. The quantitative estimate of drug-likeness (QED) is 0.872. The van der Waals surface area contributed by atoms with Crippen LogP contribution in [0.2, 0.25) is 0 Å². The number of para-hydroxylation sites is 1. The third kappa shape index (κ3) is 2.53. The lowest BCUT2D eigenvalue weighted by Gasteiger charge is -2.30. The maximum atomic E-state index is 12.3. The highest BCUT2D eigenvalue weighted by atomic mass is 79.9. The first kappa shape index (κ1) is 13.4. The monoisotopic (exact) mass is 311 g/mol. The first-order valence-electron chi connectivity index (χ1n) is 6.09. The van der Waals surface area contributed by atoms with E-state index in [-0.39, 0.29) is 22.2 Å². The number of rotatable bonds is 3. The van der Waals surface area contributed by atoms with E-state index in [2.05, 4.69) is 21.2 Å². The van der Waals surface area contributed by atoms with E-state index in [0.717, 1.165) is 11.3 Å². The zero-order chi connectivity index (χ0) is 13.3. The van der Waals surface area contributed by atoms with Crippen LogP contribution >= 0.6 is 15.9 Å². The van der Waals surface area contributed by atoms with Gasteiger partial charge in [0.1, 0.15) is 18.3 Å². The molecule has 0 radical (unpaired) electrons. The highest BCUT2D eigenvalue weighted by Crippen LogP contribution is 2.34. The molecule has 0 aromatic heterocycles. The summed E-state index contributed by atoms with van der Waals surface area (Å²) in [6, 6.07) is 7.72. The molecule has 1 aromatic carbocycles. The second-order valence-corrected chi connectivity index (χ2v) is 6.60.